The molecular formula is C17H15BrN2. The van der Waals surface area contributed by atoms with E-state index in [4.69, 9.17) is 0 Å². The first-order valence-electron chi connectivity index (χ1n) is 6.43. The van der Waals surface area contributed by atoms with Crippen molar-refractivity contribution >= 4 is 37.7 Å². The number of aromatic nitrogens is 1. The van der Waals surface area contributed by atoms with Gasteiger partial charge in [0, 0.05) is 28.5 Å². The van der Waals surface area contributed by atoms with Gasteiger partial charge >= 0.3 is 0 Å². The summed E-state index contributed by atoms with van der Waals surface area (Å²) in [4.78, 5) is 0. The zero-order chi connectivity index (χ0) is 14.1. The molecule has 0 saturated heterocycles. The van der Waals surface area contributed by atoms with Crippen LogP contribution in [0.3, 0.4) is 0 Å². The van der Waals surface area contributed by atoms with Gasteiger partial charge in [0.1, 0.15) is 0 Å². The lowest BCUT2D eigenvalue weighted by molar-refractivity contribution is 0.828. The van der Waals surface area contributed by atoms with Gasteiger partial charge in [0.2, 0.25) is 0 Å². The smallest absolute Gasteiger partial charge is 0.0711 e. The molecule has 2 nitrogen and oxygen atoms in total. The maximum atomic E-state index is 3.77. The summed E-state index contributed by atoms with van der Waals surface area (Å²) in [5.74, 6) is 0. The number of halogens is 1. The SMILES string of the molecule is C=C/C(Br)=C\N(C)n1c2ccccc2c2ccccc21. The zero-order valence-corrected chi connectivity index (χ0v) is 12.8. The molecule has 0 aliphatic rings. The summed E-state index contributed by atoms with van der Waals surface area (Å²) in [6.07, 6.45) is 3.79. The minimum absolute atomic E-state index is 0.946. The van der Waals surface area contributed by atoms with Crippen LogP contribution in [-0.4, -0.2) is 11.7 Å². The summed E-state index contributed by atoms with van der Waals surface area (Å²) in [5.41, 5.74) is 2.38. The Morgan fingerprint density at radius 3 is 2.05 bits per heavy atom. The van der Waals surface area contributed by atoms with Gasteiger partial charge in [-0.25, -0.2) is 0 Å². The summed E-state index contributed by atoms with van der Waals surface area (Å²) in [6, 6.07) is 16.9. The normalized spacial score (nSPS) is 12.0. The van der Waals surface area contributed by atoms with E-state index in [2.05, 4.69) is 80.7 Å². The first-order chi connectivity index (χ1) is 9.72. The molecule has 0 aliphatic carbocycles. The number of hydrogen-bond acceptors (Lipinski definition) is 1. The first kappa shape index (κ1) is 13.0. The molecule has 0 saturated carbocycles. The van der Waals surface area contributed by atoms with E-state index in [0.29, 0.717) is 0 Å². The van der Waals surface area contributed by atoms with Gasteiger partial charge in [-0.3, -0.25) is 9.69 Å². The highest BCUT2D eigenvalue weighted by Crippen LogP contribution is 2.28. The number of nitrogens with zero attached hydrogens (tertiary/aromatic N) is 2. The van der Waals surface area contributed by atoms with Crippen molar-refractivity contribution in [3.8, 4) is 0 Å². The molecule has 0 bridgehead atoms. The van der Waals surface area contributed by atoms with Crippen LogP contribution in [0.5, 0.6) is 0 Å². The fraction of sp³-hybridized carbons (Fsp3) is 0.0588. The lowest BCUT2D eigenvalue weighted by atomic mass is 10.2. The molecule has 0 amide bonds. The molecule has 0 unspecified atom stereocenters. The van der Waals surface area contributed by atoms with Crippen LogP contribution >= 0.6 is 15.9 Å². The van der Waals surface area contributed by atoms with E-state index < -0.39 is 0 Å². The Balaban J connectivity index is 2.34. The van der Waals surface area contributed by atoms with Crippen molar-refractivity contribution in [2.24, 2.45) is 0 Å². The molecule has 3 heteroatoms. The van der Waals surface area contributed by atoms with Gasteiger partial charge in [-0.2, -0.15) is 0 Å². The van der Waals surface area contributed by atoms with Crippen molar-refractivity contribution in [2.45, 2.75) is 0 Å². The molecule has 3 aromatic rings. The van der Waals surface area contributed by atoms with E-state index in [9.17, 15) is 0 Å². The van der Waals surface area contributed by atoms with Crippen molar-refractivity contribution in [1.82, 2.24) is 4.68 Å². The van der Waals surface area contributed by atoms with Crippen molar-refractivity contribution in [2.75, 3.05) is 12.1 Å². The van der Waals surface area contributed by atoms with Gasteiger partial charge in [-0.05, 0) is 28.1 Å². The average molecular weight is 327 g/mol. The van der Waals surface area contributed by atoms with Gasteiger partial charge in [-0.15, -0.1) is 0 Å². The summed E-state index contributed by atoms with van der Waals surface area (Å²) >= 11 is 3.48. The number of allylic oxidation sites excluding steroid dienone is 2. The fourth-order valence-electron chi connectivity index (χ4n) is 2.53. The number of para-hydroxylation sites is 2. The molecule has 0 atom stereocenters. The molecule has 0 fully saturated rings. The Morgan fingerprint density at radius 1 is 1.05 bits per heavy atom. The quantitative estimate of drug-likeness (QED) is 0.628. The van der Waals surface area contributed by atoms with Crippen LogP contribution in [-0.2, 0) is 0 Å². The molecule has 100 valence electrons. The number of hydrogen-bond donors (Lipinski definition) is 0. The fourth-order valence-corrected chi connectivity index (χ4v) is 2.83. The largest absolute Gasteiger partial charge is 0.290 e. The lowest BCUT2D eigenvalue weighted by Gasteiger charge is -2.19. The maximum Gasteiger partial charge on any atom is 0.0711 e. The predicted octanol–water partition coefficient (Wildman–Crippen LogP) is 4.78. The molecule has 0 spiro atoms. The summed E-state index contributed by atoms with van der Waals surface area (Å²) < 4.78 is 3.15. The first-order valence-corrected chi connectivity index (χ1v) is 7.22. The van der Waals surface area contributed by atoms with E-state index >= 15 is 0 Å². The third kappa shape index (κ3) is 2.04. The summed E-state index contributed by atoms with van der Waals surface area (Å²) in [7, 11) is 2.03. The molecule has 2 aromatic carbocycles. The van der Waals surface area contributed by atoms with Crippen LogP contribution < -0.4 is 5.01 Å². The van der Waals surface area contributed by atoms with Crippen molar-refractivity contribution < 1.29 is 0 Å². The zero-order valence-electron chi connectivity index (χ0n) is 11.3. The molecule has 1 heterocycles. The van der Waals surface area contributed by atoms with Gasteiger partial charge in [0.25, 0.3) is 0 Å². The van der Waals surface area contributed by atoms with Gasteiger partial charge in [0.15, 0.2) is 0 Å². The Kier molecular flexibility index (Phi) is 3.36. The van der Waals surface area contributed by atoms with Crippen LogP contribution in [0.25, 0.3) is 21.8 Å². The third-order valence-corrected chi connectivity index (χ3v) is 3.90. The molecule has 3 rings (SSSR count). The second-order valence-corrected chi connectivity index (χ2v) is 5.55. The highest BCUT2D eigenvalue weighted by molar-refractivity contribution is 9.11. The second-order valence-electron chi connectivity index (χ2n) is 4.64. The van der Waals surface area contributed by atoms with E-state index in [1.165, 1.54) is 21.8 Å². The monoisotopic (exact) mass is 326 g/mol. The van der Waals surface area contributed by atoms with Crippen LogP contribution in [0, 0.1) is 0 Å². The Labute approximate surface area is 126 Å². The van der Waals surface area contributed by atoms with Crippen LogP contribution in [0.1, 0.15) is 0 Å². The molecule has 20 heavy (non-hydrogen) atoms. The van der Waals surface area contributed by atoms with E-state index in [1.807, 2.05) is 13.2 Å². The Hall–Kier alpha value is -2.00. The predicted molar refractivity (Wildman–Crippen MR) is 90.8 cm³/mol. The standard InChI is InChI=1S/C17H15BrN2/c1-3-13(18)12-19(2)20-16-10-6-4-8-14(16)15-9-5-7-11-17(15)20/h3-12H,1H2,2H3/b13-12+. The third-order valence-electron chi connectivity index (χ3n) is 3.38. The van der Waals surface area contributed by atoms with E-state index in [1.54, 1.807) is 6.08 Å². The van der Waals surface area contributed by atoms with Crippen LogP contribution in [0.2, 0.25) is 0 Å². The molecule has 1 aromatic heterocycles. The summed E-state index contributed by atoms with van der Waals surface area (Å²) in [6.45, 7) is 3.77. The lowest BCUT2D eigenvalue weighted by Crippen LogP contribution is -2.23. The molecular weight excluding hydrogens is 312 g/mol. The molecule has 0 N–H and O–H groups in total. The van der Waals surface area contributed by atoms with Gasteiger partial charge in [0.05, 0.1) is 11.0 Å². The minimum atomic E-state index is 0.946. The number of benzene rings is 2. The van der Waals surface area contributed by atoms with Crippen LogP contribution in [0.4, 0.5) is 0 Å². The van der Waals surface area contributed by atoms with Crippen molar-refractivity contribution in [1.29, 1.82) is 0 Å². The molecule has 0 radical (unpaired) electrons. The number of rotatable bonds is 3. The van der Waals surface area contributed by atoms with E-state index in [-0.39, 0.29) is 0 Å². The maximum absolute atomic E-state index is 3.77. The highest BCUT2D eigenvalue weighted by atomic mass is 79.9. The minimum Gasteiger partial charge on any atom is -0.290 e. The Bertz CT molecular complexity index is 761. The van der Waals surface area contributed by atoms with Gasteiger partial charge < -0.3 is 0 Å². The van der Waals surface area contributed by atoms with Crippen molar-refractivity contribution in [3.05, 3.63) is 71.9 Å². The van der Waals surface area contributed by atoms with E-state index in [0.717, 1.165) is 4.48 Å². The second kappa shape index (κ2) is 5.17. The highest BCUT2D eigenvalue weighted by Gasteiger charge is 2.11. The topological polar surface area (TPSA) is 8.17 Å². The Morgan fingerprint density at radius 2 is 1.55 bits per heavy atom. The van der Waals surface area contributed by atoms with Gasteiger partial charge in [-0.1, -0.05) is 49.1 Å². The molecule has 0 aliphatic heterocycles. The average Bonchev–Trinajstić information content (AvgIpc) is 2.81. The summed E-state index contributed by atoms with van der Waals surface area (Å²) in [5, 5.41) is 4.59. The van der Waals surface area contributed by atoms with Crippen molar-refractivity contribution in [3.63, 3.8) is 0 Å². The van der Waals surface area contributed by atoms with Crippen LogP contribution in [0.15, 0.2) is 71.9 Å². The number of fused-ring (bicyclic) bond motifs is 3.